The molecule has 4 N–H and O–H groups in total. The van der Waals surface area contributed by atoms with Crippen molar-refractivity contribution in [3.8, 4) is 11.5 Å². The van der Waals surface area contributed by atoms with Gasteiger partial charge in [-0.15, -0.1) is 0 Å². The Morgan fingerprint density at radius 3 is 2.57 bits per heavy atom. The van der Waals surface area contributed by atoms with Crippen molar-refractivity contribution >= 4 is 11.9 Å². The smallest absolute Gasteiger partial charge is 0.303 e. The third-order valence-corrected chi connectivity index (χ3v) is 3.01. The molecule has 0 aromatic heterocycles. The number of phenolic OH excluding ortho intramolecular Hbond substituents is 2. The number of benzene rings is 1. The van der Waals surface area contributed by atoms with Gasteiger partial charge in [-0.2, -0.15) is 0 Å². The van der Waals surface area contributed by atoms with Crippen molar-refractivity contribution in [1.29, 1.82) is 0 Å². The van der Waals surface area contributed by atoms with Crippen molar-refractivity contribution in [2.45, 2.75) is 25.7 Å². The molecule has 1 amide bonds. The van der Waals surface area contributed by atoms with Crippen molar-refractivity contribution in [3.05, 3.63) is 48.1 Å². The van der Waals surface area contributed by atoms with Crippen molar-refractivity contribution in [2.24, 2.45) is 0 Å². The van der Waals surface area contributed by atoms with Crippen LogP contribution in [0.2, 0.25) is 0 Å². The lowest BCUT2D eigenvalue weighted by Crippen LogP contribution is -2.23. The van der Waals surface area contributed by atoms with Crippen LogP contribution in [-0.4, -0.2) is 33.7 Å². The van der Waals surface area contributed by atoms with E-state index in [9.17, 15) is 19.8 Å². The van der Waals surface area contributed by atoms with Crippen molar-refractivity contribution in [1.82, 2.24) is 5.32 Å². The van der Waals surface area contributed by atoms with E-state index in [4.69, 9.17) is 5.11 Å². The molecule has 0 fully saturated rings. The summed E-state index contributed by atoms with van der Waals surface area (Å²) in [5, 5.41) is 30.0. The molecule has 0 aliphatic rings. The van der Waals surface area contributed by atoms with Crippen LogP contribution in [0.3, 0.4) is 0 Å². The molecule has 0 aliphatic carbocycles. The van der Waals surface area contributed by atoms with Crippen LogP contribution in [-0.2, 0) is 4.79 Å². The standard InChI is InChI=1S/C17H21NO5/c19-14-10-8-9-13(16(14)22)17(23)18-12-7-5-3-1-2-4-6-11-15(20)21/h1-2,5,7-10,19,22H,3-4,6,11-12H2,(H,18,23)(H,20,21)/b2-1+,7-5+. The number of amides is 1. The number of rotatable bonds is 9. The molecule has 0 atom stereocenters. The Labute approximate surface area is 134 Å². The van der Waals surface area contributed by atoms with Crippen molar-refractivity contribution in [3.63, 3.8) is 0 Å². The average molecular weight is 319 g/mol. The molecule has 0 aliphatic heterocycles. The van der Waals surface area contributed by atoms with Gasteiger partial charge in [0.25, 0.3) is 5.91 Å². The molecule has 0 heterocycles. The summed E-state index contributed by atoms with van der Waals surface area (Å²) in [6, 6.07) is 4.21. The number of aliphatic carboxylic acids is 1. The fourth-order valence-corrected chi connectivity index (χ4v) is 1.80. The van der Waals surface area contributed by atoms with E-state index < -0.39 is 17.6 Å². The van der Waals surface area contributed by atoms with Crippen LogP contribution < -0.4 is 5.32 Å². The second-order valence-corrected chi connectivity index (χ2v) is 4.85. The normalized spacial score (nSPS) is 11.1. The summed E-state index contributed by atoms with van der Waals surface area (Å²) >= 11 is 0. The van der Waals surface area contributed by atoms with Gasteiger partial charge in [-0.3, -0.25) is 9.59 Å². The topological polar surface area (TPSA) is 107 Å². The molecule has 0 spiro atoms. The molecule has 1 aromatic rings. The number of carboxylic acid groups (broad SMARTS) is 1. The summed E-state index contributed by atoms with van der Waals surface area (Å²) in [6.07, 6.45) is 9.73. The second kappa shape index (κ2) is 10.0. The van der Waals surface area contributed by atoms with Gasteiger partial charge in [0.2, 0.25) is 0 Å². The lowest BCUT2D eigenvalue weighted by Gasteiger charge is -2.05. The van der Waals surface area contributed by atoms with Crippen LogP contribution in [0.1, 0.15) is 36.0 Å². The summed E-state index contributed by atoms with van der Waals surface area (Å²) in [7, 11) is 0. The van der Waals surface area contributed by atoms with E-state index in [1.54, 1.807) is 6.08 Å². The molecule has 0 bridgehead atoms. The quantitative estimate of drug-likeness (QED) is 0.318. The molecule has 6 nitrogen and oxygen atoms in total. The largest absolute Gasteiger partial charge is 0.504 e. The highest BCUT2D eigenvalue weighted by Gasteiger charge is 2.12. The highest BCUT2D eigenvalue weighted by Crippen LogP contribution is 2.27. The van der Waals surface area contributed by atoms with Crippen LogP contribution >= 0.6 is 0 Å². The third kappa shape index (κ3) is 7.17. The molecule has 124 valence electrons. The van der Waals surface area contributed by atoms with E-state index in [2.05, 4.69) is 5.32 Å². The van der Waals surface area contributed by atoms with E-state index in [1.165, 1.54) is 18.2 Å². The van der Waals surface area contributed by atoms with Crippen LogP contribution in [0.15, 0.2) is 42.5 Å². The Morgan fingerprint density at radius 1 is 1.09 bits per heavy atom. The molecule has 0 saturated heterocycles. The minimum Gasteiger partial charge on any atom is -0.504 e. The van der Waals surface area contributed by atoms with Crippen LogP contribution in [0.25, 0.3) is 0 Å². The van der Waals surface area contributed by atoms with E-state index in [-0.39, 0.29) is 17.7 Å². The van der Waals surface area contributed by atoms with Gasteiger partial charge in [0, 0.05) is 13.0 Å². The lowest BCUT2D eigenvalue weighted by molar-refractivity contribution is -0.137. The number of unbranched alkanes of at least 4 members (excludes halogenated alkanes) is 1. The first-order chi connectivity index (χ1) is 11.0. The average Bonchev–Trinajstić information content (AvgIpc) is 2.51. The summed E-state index contributed by atoms with van der Waals surface area (Å²) in [6.45, 7) is 0.306. The summed E-state index contributed by atoms with van der Waals surface area (Å²) in [5.74, 6) is -2.02. The number of carboxylic acids is 1. The zero-order valence-corrected chi connectivity index (χ0v) is 12.7. The number of nitrogens with one attached hydrogen (secondary N) is 1. The van der Waals surface area contributed by atoms with Gasteiger partial charge >= 0.3 is 5.97 Å². The SMILES string of the molecule is O=C(O)CCC/C=C/C/C=C/CNC(=O)c1cccc(O)c1O. The number of hydrogen-bond donors (Lipinski definition) is 4. The zero-order chi connectivity index (χ0) is 17.1. The molecule has 1 aromatic carbocycles. The van der Waals surface area contributed by atoms with Gasteiger partial charge in [-0.25, -0.2) is 0 Å². The van der Waals surface area contributed by atoms with Gasteiger partial charge < -0.3 is 20.6 Å². The van der Waals surface area contributed by atoms with E-state index in [0.717, 1.165) is 6.42 Å². The molecule has 23 heavy (non-hydrogen) atoms. The number of aromatic hydroxyl groups is 2. The predicted octanol–water partition coefficient (Wildman–Crippen LogP) is 2.59. The summed E-state index contributed by atoms with van der Waals surface area (Å²) in [4.78, 5) is 22.1. The number of carbonyl (C=O) groups excluding carboxylic acids is 1. The monoisotopic (exact) mass is 319 g/mol. The highest BCUT2D eigenvalue weighted by molar-refractivity contribution is 5.97. The first-order valence-corrected chi connectivity index (χ1v) is 7.33. The third-order valence-electron chi connectivity index (χ3n) is 3.01. The van der Waals surface area contributed by atoms with Gasteiger partial charge in [0.15, 0.2) is 11.5 Å². The van der Waals surface area contributed by atoms with Crippen LogP contribution in [0, 0.1) is 0 Å². The maximum Gasteiger partial charge on any atom is 0.303 e. The van der Waals surface area contributed by atoms with Gasteiger partial charge in [-0.1, -0.05) is 30.4 Å². The summed E-state index contributed by atoms with van der Waals surface area (Å²) in [5.41, 5.74) is 0.0247. The lowest BCUT2D eigenvalue weighted by atomic mass is 10.1. The molecular weight excluding hydrogens is 298 g/mol. The summed E-state index contributed by atoms with van der Waals surface area (Å²) < 4.78 is 0. The molecular formula is C17H21NO5. The Kier molecular flexibility index (Phi) is 7.99. The Hall–Kier alpha value is -2.76. The highest BCUT2D eigenvalue weighted by atomic mass is 16.4. The van der Waals surface area contributed by atoms with Crippen LogP contribution in [0.4, 0.5) is 0 Å². The maximum absolute atomic E-state index is 11.8. The molecule has 0 unspecified atom stereocenters. The number of phenols is 2. The molecule has 0 radical (unpaired) electrons. The fourth-order valence-electron chi connectivity index (χ4n) is 1.80. The van der Waals surface area contributed by atoms with E-state index in [0.29, 0.717) is 19.4 Å². The minimum absolute atomic E-state index is 0.0247. The molecule has 6 heteroatoms. The fraction of sp³-hybridized carbons (Fsp3) is 0.294. The Balaban J connectivity index is 2.23. The Bertz CT molecular complexity index is 593. The molecule has 1 rings (SSSR count). The molecule has 0 saturated carbocycles. The van der Waals surface area contributed by atoms with Gasteiger partial charge in [0.1, 0.15) is 0 Å². The second-order valence-electron chi connectivity index (χ2n) is 4.85. The zero-order valence-electron chi connectivity index (χ0n) is 12.7. The van der Waals surface area contributed by atoms with Gasteiger partial charge in [0.05, 0.1) is 5.56 Å². The maximum atomic E-state index is 11.8. The van der Waals surface area contributed by atoms with Crippen molar-refractivity contribution in [2.75, 3.05) is 6.54 Å². The number of allylic oxidation sites excluding steroid dienone is 3. The van der Waals surface area contributed by atoms with Crippen LogP contribution in [0.5, 0.6) is 11.5 Å². The van der Waals surface area contributed by atoms with Gasteiger partial charge in [-0.05, 0) is 31.4 Å². The van der Waals surface area contributed by atoms with Crippen molar-refractivity contribution < 1.29 is 24.9 Å². The van der Waals surface area contributed by atoms with E-state index in [1.807, 2.05) is 18.2 Å². The first-order valence-electron chi connectivity index (χ1n) is 7.33. The number of para-hydroxylation sites is 1. The minimum atomic E-state index is -0.785. The number of hydrogen-bond acceptors (Lipinski definition) is 4. The number of carbonyl (C=O) groups is 2. The predicted molar refractivity (Wildman–Crippen MR) is 86.5 cm³/mol. The Morgan fingerprint density at radius 2 is 1.83 bits per heavy atom. The van der Waals surface area contributed by atoms with E-state index >= 15 is 0 Å². The first kappa shape index (κ1) is 18.3.